The zero-order valence-corrected chi connectivity index (χ0v) is 20.8. The van der Waals surface area contributed by atoms with Crippen LogP contribution >= 0.6 is 57.9 Å². The number of nitrogens with one attached hydrogen (secondary N) is 1. The summed E-state index contributed by atoms with van der Waals surface area (Å²) in [4.78, 5) is 5.84. The number of halogens is 5. The molecule has 12 heteroatoms. The van der Waals surface area contributed by atoms with Crippen LogP contribution in [0.1, 0.15) is 25.0 Å². The lowest BCUT2D eigenvalue weighted by Gasteiger charge is -2.23. The number of nitrogens with zero attached hydrogens (tertiary/aromatic N) is 3. The van der Waals surface area contributed by atoms with Crippen LogP contribution in [-0.4, -0.2) is 20.1 Å². The Kier molecular flexibility index (Phi) is 6.42. The molecule has 1 N–H and O–H groups in total. The number of hydrogen-bond donors (Lipinski definition) is 1. The van der Waals surface area contributed by atoms with E-state index in [1.807, 2.05) is 6.07 Å². The monoisotopic (exact) mass is 538 g/mol. The lowest BCUT2D eigenvalue weighted by molar-refractivity contribution is 0.548. The first-order valence-electron chi connectivity index (χ1n) is 8.96. The summed E-state index contributed by atoms with van der Waals surface area (Å²) in [6.45, 7) is 5.17. The minimum absolute atomic E-state index is 0.0218. The topological polar surface area (TPSA) is 58.1 Å². The lowest BCUT2D eigenvalue weighted by Crippen LogP contribution is -2.28. The highest BCUT2D eigenvalue weighted by Crippen LogP contribution is 2.47. The molecule has 0 radical (unpaired) electrons. The van der Waals surface area contributed by atoms with Gasteiger partial charge in [-0.15, -0.1) is 0 Å². The van der Waals surface area contributed by atoms with Crippen molar-refractivity contribution in [3.8, 4) is 0 Å². The average molecular weight is 540 g/mol. The summed E-state index contributed by atoms with van der Waals surface area (Å²) in [5.41, 5.74) is 2.21. The quantitative estimate of drug-likeness (QED) is 0.391. The molecule has 0 saturated heterocycles. The molecule has 1 atom stereocenters. The van der Waals surface area contributed by atoms with Crippen molar-refractivity contribution in [3.05, 3.63) is 61.6 Å². The Morgan fingerprint density at radius 1 is 1.23 bits per heavy atom. The third-order valence-electron chi connectivity index (χ3n) is 4.92. The number of anilines is 2. The molecule has 1 aromatic heterocycles. The second-order valence-corrected chi connectivity index (χ2v) is 11.1. The van der Waals surface area contributed by atoms with E-state index < -0.39 is 16.8 Å². The van der Waals surface area contributed by atoms with Crippen LogP contribution < -0.4 is 9.62 Å². The maximum absolute atomic E-state index is 14.8. The van der Waals surface area contributed by atoms with Gasteiger partial charge in [0.1, 0.15) is 5.82 Å². The molecule has 31 heavy (non-hydrogen) atoms. The summed E-state index contributed by atoms with van der Waals surface area (Å²) in [6.07, 6.45) is 0. The Bertz CT molecular complexity index is 1200. The van der Waals surface area contributed by atoms with Crippen LogP contribution in [0.2, 0.25) is 20.4 Å². The molecule has 2 heterocycles. The summed E-state index contributed by atoms with van der Waals surface area (Å²) >= 11 is 25.7. The van der Waals surface area contributed by atoms with E-state index in [2.05, 4.69) is 32.8 Å². The zero-order valence-electron chi connectivity index (χ0n) is 16.2. The van der Waals surface area contributed by atoms with Crippen molar-refractivity contribution in [2.75, 3.05) is 16.2 Å². The molecule has 0 fully saturated rings. The molecule has 1 unspecified atom stereocenters. The number of hydrogen-bond acceptors (Lipinski definition) is 5. The summed E-state index contributed by atoms with van der Waals surface area (Å²) in [6, 6.07) is 6.31. The Balaban J connectivity index is 1.60. The Labute approximate surface area is 205 Å². The van der Waals surface area contributed by atoms with Gasteiger partial charge in [-0.1, -0.05) is 48.7 Å². The fraction of sp³-hybridized carbons (Fsp3) is 0.263. The maximum Gasteiger partial charge on any atom is 0.236 e. The lowest BCUT2D eigenvalue weighted by atomic mass is 9.87. The molecular formula is C19H15Cl4FN4OS2. The van der Waals surface area contributed by atoms with E-state index in [1.54, 1.807) is 6.07 Å². The van der Waals surface area contributed by atoms with Crippen LogP contribution in [-0.2, 0) is 22.9 Å². The molecule has 164 valence electrons. The highest BCUT2D eigenvalue weighted by molar-refractivity contribution is 7.86. The first-order chi connectivity index (χ1) is 14.6. The van der Waals surface area contributed by atoms with Gasteiger partial charge in [-0.05, 0) is 41.4 Å². The van der Waals surface area contributed by atoms with Crippen LogP contribution in [0.25, 0.3) is 0 Å². The van der Waals surface area contributed by atoms with Gasteiger partial charge in [-0.2, -0.15) is 9.36 Å². The second kappa shape index (κ2) is 8.65. The summed E-state index contributed by atoms with van der Waals surface area (Å²) in [7, 11) is -1.92. The second-order valence-electron chi connectivity index (χ2n) is 7.61. The fourth-order valence-electron chi connectivity index (χ4n) is 3.65. The fourth-order valence-corrected chi connectivity index (χ4v) is 6.23. The van der Waals surface area contributed by atoms with Gasteiger partial charge < -0.3 is 4.90 Å². The molecule has 1 aliphatic rings. The van der Waals surface area contributed by atoms with Gasteiger partial charge in [0.05, 0.1) is 14.9 Å². The predicted octanol–water partition coefficient (Wildman–Crippen LogP) is 6.72. The van der Waals surface area contributed by atoms with Gasteiger partial charge in [-0.3, -0.25) is 4.72 Å². The number of benzene rings is 2. The van der Waals surface area contributed by atoms with Gasteiger partial charge in [0.25, 0.3) is 0 Å². The molecule has 0 amide bonds. The Morgan fingerprint density at radius 2 is 1.97 bits per heavy atom. The first kappa shape index (κ1) is 23.0. The van der Waals surface area contributed by atoms with Crippen molar-refractivity contribution in [2.45, 2.75) is 30.7 Å². The van der Waals surface area contributed by atoms with E-state index in [-0.39, 0.29) is 20.7 Å². The average Bonchev–Trinajstić information content (AvgIpc) is 3.20. The van der Waals surface area contributed by atoms with Crippen LogP contribution in [0.4, 0.5) is 15.2 Å². The summed E-state index contributed by atoms with van der Waals surface area (Å²) in [5, 5.41) is 1.56. The van der Waals surface area contributed by atoms with Crippen molar-refractivity contribution >= 4 is 79.7 Å². The zero-order chi connectivity index (χ0) is 22.5. The van der Waals surface area contributed by atoms with Gasteiger partial charge in [0.15, 0.2) is 11.0 Å². The Morgan fingerprint density at radius 3 is 2.65 bits per heavy atom. The molecule has 1 aliphatic heterocycles. The molecule has 3 aromatic rings. The van der Waals surface area contributed by atoms with E-state index in [0.29, 0.717) is 33.7 Å². The van der Waals surface area contributed by atoms with E-state index in [4.69, 9.17) is 46.4 Å². The van der Waals surface area contributed by atoms with Crippen LogP contribution in [0.3, 0.4) is 0 Å². The van der Waals surface area contributed by atoms with Crippen LogP contribution in [0.5, 0.6) is 0 Å². The largest absolute Gasteiger partial charge is 0.366 e. The maximum atomic E-state index is 14.8. The van der Waals surface area contributed by atoms with E-state index in [1.165, 1.54) is 12.1 Å². The highest BCUT2D eigenvalue weighted by Gasteiger charge is 2.38. The van der Waals surface area contributed by atoms with Crippen LogP contribution in [0, 0.1) is 5.82 Å². The van der Waals surface area contributed by atoms with Crippen molar-refractivity contribution in [1.82, 2.24) is 9.36 Å². The standard InChI is InChI=1S/C19H15Cl4FN4OS2/c1-19(2)8-28(13-4-3-10(20)16(22)15(13)19)7-9-5-12(24)14(6-11(9)21)31(29)27-18-25-17(23)26-30-18/h3-6H,7-8H2,1-2H3,(H,25,26,27). The van der Waals surface area contributed by atoms with Crippen molar-refractivity contribution in [1.29, 1.82) is 0 Å². The van der Waals surface area contributed by atoms with E-state index in [0.717, 1.165) is 22.8 Å². The molecule has 4 rings (SSSR count). The molecule has 0 spiro atoms. The third kappa shape index (κ3) is 4.51. The molecule has 0 saturated carbocycles. The van der Waals surface area contributed by atoms with Gasteiger partial charge in [-0.25, -0.2) is 8.60 Å². The van der Waals surface area contributed by atoms with E-state index >= 15 is 0 Å². The SMILES string of the molecule is CC1(C)CN(Cc2cc(F)c(S(=O)Nc3nc(Cl)ns3)cc2Cl)c2ccc(Cl)c(Cl)c21. The predicted molar refractivity (Wildman–Crippen MR) is 127 cm³/mol. The molecule has 2 aromatic carbocycles. The van der Waals surface area contributed by atoms with Crippen molar-refractivity contribution < 1.29 is 8.60 Å². The smallest absolute Gasteiger partial charge is 0.236 e. The Hall–Kier alpha value is -1.16. The number of aromatic nitrogens is 2. The molecule has 0 aliphatic carbocycles. The van der Waals surface area contributed by atoms with Crippen molar-refractivity contribution in [3.63, 3.8) is 0 Å². The summed E-state index contributed by atoms with van der Waals surface area (Å²) in [5.74, 6) is -0.645. The van der Waals surface area contributed by atoms with Crippen LogP contribution in [0.15, 0.2) is 29.2 Å². The van der Waals surface area contributed by atoms with E-state index in [9.17, 15) is 8.60 Å². The molecular weight excluding hydrogens is 525 g/mol. The highest BCUT2D eigenvalue weighted by atomic mass is 35.5. The normalized spacial score (nSPS) is 15.8. The van der Waals surface area contributed by atoms with Crippen molar-refractivity contribution in [2.24, 2.45) is 0 Å². The third-order valence-corrected chi connectivity index (χ3v) is 8.20. The van der Waals surface area contributed by atoms with Gasteiger partial charge in [0, 0.05) is 46.3 Å². The minimum Gasteiger partial charge on any atom is -0.366 e. The number of fused-ring (bicyclic) bond motifs is 1. The van der Waals surface area contributed by atoms with Gasteiger partial charge >= 0.3 is 0 Å². The number of rotatable bonds is 5. The molecule has 5 nitrogen and oxygen atoms in total. The van der Waals surface area contributed by atoms with Gasteiger partial charge in [0.2, 0.25) is 10.4 Å². The molecule has 0 bridgehead atoms. The minimum atomic E-state index is -1.92. The first-order valence-corrected chi connectivity index (χ1v) is 12.4. The summed E-state index contributed by atoms with van der Waals surface area (Å²) < 4.78 is 33.7.